The molecule has 1 aromatic heterocycles. The highest BCUT2D eigenvalue weighted by molar-refractivity contribution is 7.09. The molecule has 1 aliphatic heterocycles. The highest BCUT2D eigenvalue weighted by atomic mass is 32.1. The first-order valence-electron chi connectivity index (χ1n) is 21.3. The molecular weight excluding hydrogens is 741 g/mol. The van der Waals surface area contributed by atoms with Crippen molar-refractivity contribution in [1.29, 1.82) is 0 Å². The van der Waals surface area contributed by atoms with Gasteiger partial charge in [0.15, 0.2) is 0 Å². The lowest BCUT2D eigenvalue weighted by molar-refractivity contribution is -0.147. The van der Waals surface area contributed by atoms with Gasteiger partial charge < -0.3 is 31.1 Å². The van der Waals surface area contributed by atoms with Gasteiger partial charge in [0.25, 0.3) is 5.91 Å². The van der Waals surface area contributed by atoms with Crippen LogP contribution in [0.25, 0.3) is 0 Å². The fourth-order valence-corrected chi connectivity index (χ4v) is 8.56. The Balaban J connectivity index is 1.90. The standard InChI is InChI=1S/C44H72N6O6S/c1-10-13-14-16-24-50(42(53)38(30(6)11-2)48-40(52)35-18-15-17-23-49(35)9)36(29(4)5)26-37(56-12-3)41-47-34(28-57-41)39(51)46-33(27-44(7,8)43(54)55)25-31-19-21-32(45)22-20-31/h19-22,28-30,33,35-38H,10-18,23-27,45H2,1-9H3,(H,46,51)(H,48,52)(H,54,55)/t30-,33-,35+,36+,37+,38-/m0/s1. The molecule has 0 saturated carbocycles. The third-order valence-corrected chi connectivity index (χ3v) is 12.5. The van der Waals surface area contributed by atoms with E-state index >= 15 is 0 Å². The maximum absolute atomic E-state index is 14.9. The lowest BCUT2D eigenvalue weighted by atomic mass is 9.84. The molecule has 3 amide bonds. The number of carboxylic acids is 1. The van der Waals surface area contributed by atoms with Crippen LogP contribution in [-0.4, -0.2) is 94.5 Å². The molecule has 1 fully saturated rings. The number of hydrogen-bond donors (Lipinski definition) is 4. The van der Waals surface area contributed by atoms with E-state index in [1.807, 2.05) is 37.9 Å². The first-order valence-corrected chi connectivity index (χ1v) is 22.2. The minimum Gasteiger partial charge on any atom is -0.481 e. The van der Waals surface area contributed by atoms with Gasteiger partial charge in [-0.2, -0.15) is 0 Å². The summed E-state index contributed by atoms with van der Waals surface area (Å²) in [5.41, 5.74) is 6.60. The lowest BCUT2D eigenvalue weighted by Crippen LogP contribution is -2.59. The van der Waals surface area contributed by atoms with E-state index in [-0.39, 0.29) is 47.8 Å². The number of hydrogen-bond acceptors (Lipinski definition) is 9. The number of nitrogens with zero attached hydrogens (tertiary/aromatic N) is 3. The van der Waals surface area contributed by atoms with Crippen LogP contribution >= 0.6 is 11.3 Å². The predicted octanol–water partition coefficient (Wildman–Crippen LogP) is 7.48. The fraction of sp³-hybridized carbons (Fsp3) is 0.705. The number of amides is 3. The van der Waals surface area contributed by atoms with Crippen LogP contribution in [0.15, 0.2) is 29.6 Å². The summed E-state index contributed by atoms with van der Waals surface area (Å²) in [7, 11) is 1.99. The normalized spacial score (nSPS) is 17.7. The van der Waals surface area contributed by atoms with Crippen LogP contribution in [-0.2, 0) is 25.5 Å². The van der Waals surface area contributed by atoms with Crippen LogP contribution < -0.4 is 16.4 Å². The minimum absolute atomic E-state index is 0.0581. The van der Waals surface area contributed by atoms with Gasteiger partial charge in [0.2, 0.25) is 11.8 Å². The van der Waals surface area contributed by atoms with Crippen molar-refractivity contribution >= 4 is 40.7 Å². The summed E-state index contributed by atoms with van der Waals surface area (Å²) < 4.78 is 6.35. The summed E-state index contributed by atoms with van der Waals surface area (Å²) in [6.45, 7) is 17.6. The molecule has 2 heterocycles. The number of likely N-dealkylation sites (N-methyl/N-ethyl adjacent to an activating group) is 1. The maximum atomic E-state index is 14.9. The van der Waals surface area contributed by atoms with Crippen molar-refractivity contribution in [2.75, 3.05) is 32.5 Å². The zero-order valence-electron chi connectivity index (χ0n) is 36.1. The molecule has 0 unspecified atom stereocenters. The van der Waals surface area contributed by atoms with E-state index < -0.39 is 35.5 Å². The average Bonchev–Trinajstić information content (AvgIpc) is 3.67. The van der Waals surface area contributed by atoms with Gasteiger partial charge in [-0.05, 0) is 96.0 Å². The average molecular weight is 813 g/mol. The van der Waals surface area contributed by atoms with Crippen molar-refractivity contribution in [3.05, 3.63) is 45.9 Å². The lowest BCUT2D eigenvalue weighted by Gasteiger charge is -2.40. The van der Waals surface area contributed by atoms with Gasteiger partial charge in [-0.15, -0.1) is 11.3 Å². The molecular formula is C44H72N6O6S. The molecule has 3 rings (SSSR count). The molecule has 2 aromatic rings. The molecule has 0 aliphatic carbocycles. The van der Waals surface area contributed by atoms with E-state index in [0.717, 1.165) is 63.5 Å². The Kier molecular flexibility index (Phi) is 19.4. The smallest absolute Gasteiger partial charge is 0.309 e. The summed E-state index contributed by atoms with van der Waals surface area (Å²) in [6.07, 6.45) is 8.23. The van der Waals surface area contributed by atoms with Gasteiger partial charge in [0.05, 0.1) is 11.5 Å². The molecule has 0 spiro atoms. The van der Waals surface area contributed by atoms with Crippen molar-refractivity contribution < 1.29 is 29.0 Å². The second kappa shape index (κ2) is 23.1. The zero-order chi connectivity index (χ0) is 42.3. The van der Waals surface area contributed by atoms with E-state index in [1.54, 1.807) is 31.4 Å². The number of aromatic nitrogens is 1. The Labute approximate surface area is 346 Å². The molecule has 12 nitrogen and oxygen atoms in total. The summed E-state index contributed by atoms with van der Waals surface area (Å²) >= 11 is 1.34. The van der Waals surface area contributed by atoms with E-state index in [2.05, 4.69) is 43.2 Å². The number of likely N-dealkylation sites (tertiary alicyclic amines) is 1. The minimum atomic E-state index is -1.08. The third kappa shape index (κ3) is 14.4. The van der Waals surface area contributed by atoms with Crippen LogP contribution in [0, 0.1) is 17.3 Å². The highest BCUT2D eigenvalue weighted by Crippen LogP contribution is 2.32. The van der Waals surface area contributed by atoms with Crippen LogP contribution in [0.5, 0.6) is 0 Å². The fourth-order valence-electron chi connectivity index (χ4n) is 7.70. The van der Waals surface area contributed by atoms with Crippen molar-refractivity contribution in [3.8, 4) is 0 Å². The number of anilines is 1. The molecule has 0 bridgehead atoms. The number of aliphatic carboxylic acids is 1. The zero-order valence-corrected chi connectivity index (χ0v) is 37.0. The molecule has 1 aliphatic rings. The molecule has 6 atom stereocenters. The molecule has 57 heavy (non-hydrogen) atoms. The number of unbranched alkanes of at least 4 members (excludes halogenated alkanes) is 3. The number of nitrogen functional groups attached to an aromatic ring is 1. The van der Waals surface area contributed by atoms with Gasteiger partial charge in [-0.3, -0.25) is 24.1 Å². The van der Waals surface area contributed by atoms with Gasteiger partial charge in [0, 0.05) is 42.7 Å². The van der Waals surface area contributed by atoms with Crippen molar-refractivity contribution in [1.82, 2.24) is 25.4 Å². The van der Waals surface area contributed by atoms with Crippen LogP contribution in [0.3, 0.4) is 0 Å². The summed E-state index contributed by atoms with van der Waals surface area (Å²) in [4.78, 5) is 63.3. The van der Waals surface area contributed by atoms with Crippen LogP contribution in [0.1, 0.15) is 147 Å². The molecule has 5 N–H and O–H groups in total. The number of nitrogens with two attached hydrogens (primary N) is 1. The molecule has 320 valence electrons. The Morgan fingerprint density at radius 3 is 2.35 bits per heavy atom. The second-order valence-electron chi connectivity index (χ2n) is 17.0. The van der Waals surface area contributed by atoms with E-state index in [4.69, 9.17) is 15.5 Å². The van der Waals surface area contributed by atoms with Gasteiger partial charge >= 0.3 is 5.97 Å². The first kappa shape index (κ1) is 47.8. The maximum Gasteiger partial charge on any atom is 0.309 e. The topological polar surface area (TPSA) is 167 Å². The molecule has 1 aromatic carbocycles. The molecule has 13 heteroatoms. The first-order chi connectivity index (χ1) is 27.0. The number of rotatable bonds is 24. The largest absolute Gasteiger partial charge is 0.481 e. The van der Waals surface area contributed by atoms with Crippen molar-refractivity contribution in [2.24, 2.45) is 17.3 Å². The quantitative estimate of drug-likeness (QED) is 0.0621. The van der Waals surface area contributed by atoms with E-state index in [0.29, 0.717) is 36.7 Å². The Morgan fingerprint density at radius 1 is 1.05 bits per heavy atom. The molecule has 0 radical (unpaired) electrons. The predicted molar refractivity (Wildman–Crippen MR) is 229 cm³/mol. The van der Waals surface area contributed by atoms with Gasteiger partial charge in [-0.25, -0.2) is 4.98 Å². The van der Waals surface area contributed by atoms with E-state index in [9.17, 15) is 24.3 Å². The van der Waals surface area contributed by atoms with Crippen LogP contribution in [0.2, 0.25) is 0 Å². The number of carbonyl (C=O) groups is 4. The monoisotopic (exact) mass is 813 g/mol. The highest BCUT2D eigenvalue weighted by Gasteiger charge is 2.38. The van der Waals surface area contributed by atoms with Gasteiger partial charge in [0.1, 0.15) is 22.8 Å². The van der Waals surface area contributed by atoms with Crippen LogP contribution in [0.4, 0.5) is 5.69 Å². The van der Waals surface area contributed by atoms with Crippen molar-refractivity contribution in [2.45, 2.75) is 156 Å². The van der Waals surface area contributed by atoms with Crippen molar-refractivity contribution in [3.63, 3.8) is 0 Å². The second-order valence-corrected chi connectivity index (χ2v) is 17.9. The summed E-state index contributed by atoms with van der Waals surface area (Å²) in [5.74, 6) is -1.47. The number of ether oxygens (including phenoxy) is 1. The SMILES string of the molecule is CCCCCCN(C(=O)[C@@H](NC(=O)[C@H]1CCCCN1C)[C@@H](C)CC)[C@H](C[C@@H](OCC)c1nc(C(=O)N[C@@H](Cc2ccc(N)cc2)CC(C)(C)C(=O)O)cs1)C(C)C. The summed E-state index contributed by atoms with van der Waals surface area (Å²) in [6, 6.07) is 5.75. The third-order valence-electron chi connectivity index (χ3n) is 11.5. The number of benzene rings is 1. The number of carboxylic acid groups (broad SMARTS) is 1. The Morgan fingerprint density at radius 2 is 1.75 bits per heavy atom. The Hall–Kier alpha value is -3.55. The van der Waals surface area contributed by atoms with Gasteiger partial charge in [-0.1, -0.05) is 78.9 Å². The number of nitrogens with one attached hydrogen (secondary N) is 2. The number of thiazole rings is 1. The number of piperidine rings is 1. The van der Waals surface area contributed by atoms with E-state index in [1.165, 1.54) is 11.3 Å². The molecule has 1 saturated heterocycles. The number of carbonyl (C=O) groups excluding carboxylic acids is 3. The Bertz CT molecular complexity index is 1560. The summed E-state index contributed by atoms with van der Waals surface area (Å²) in [5, 5.41) is 18.5.